The van der Waals surface area contributed by atoms with Crippen LogP contribution in [0, 0.1) is 11.3 Å². The number of nitrogens with zero attached hydrogens (tertiary/aromatic N) is 5. The van der Waals surface area contributed by atoms with E-state index in [-0.39, 0.29) is 25.4 Å². The van der Waals surface area contributed by atoms with Crippen molar-refractivity contribution in [3.05, 3.63) is 65.2 Å². The molecule has 0 saturated heterocycles. The number of anilines is 1. The molecule has 0 aliphatic carbocycles. The van der Waals surface area contributed by atoms with Crippen LogP contribution in [-0.2, 0) is 17.9 Å². The second kappa shape index (κ2) is 12.1. The van der Waals surface area contributed by atoms with Gasteiger partial charge in [0.15, 0.2) is 5.13 Å². The summed E-state index contributed by atoms with van der Waals surface area (Å²) in [5.41, 5.74) is 6.41. The van der Waals surface area contributed by atoms with Crippen molar-refractivity contribution in [3.63, 3.8) is 0 Å². The second-order valence-corrected chi connectivity index (χ2v) is 8.27. The maximum absolute atomic E-state index is 12.8. The Morgan fingerprint density at radius 1 is 1.18 bits per heavy atom. The third-order valence-electron chi connectivity index (χ3n) is 4.70. The first-order chi connectivity index (χ1) is 16.5. The number of aryl methyl sites for hydroxylation is 1. The molecule has 3 rings (SSSR count). The Morgan fingerprint density at radius 3 is 2.65 bits per heavy atom. The van der Waals surface area contributed by atoms with Gasteiger partial charge < -0.3 is 20.9 Å². The van der Waals surface area contributed by atoms with Gasteiger partial charge in [-0.25, -0.2) is 14.8 Å². The number of hydrogen-bond acceptors (Lipinski definition) is 7. The Hall–Kier alpha value is -4.24. The minimum absolute atomic E-state index is 0.00104. The first kappa shape index (κ1) is 24.4. The molecule has 12 heteroatoms. The maximum Gasteiger partial charge on any atom is 0.324 e. The van der Waals surface area contributed by atoms with Gasteiger partial charge in [-0.15, -0.1) is 0 Å². The molecular weight excluding hydrogens is 456 g/mol. The lowest BCUT2D eigenvalue weighted by molar-refractivity contribution is -0.117. The van der Waals surface area contributed by atoms with Gasteiger partial charge in [-0.2, -0.15) is 5.26 Å². The van der Waals surface area contributed by atoms with Crippen LogP contribution < -0.4 is 21.3 Å². The molecule has 0 radical (unpaired) electrons. The van der Waals surface area contributed by atoms with Gasteiger partial charge >= 0.3 is 6.03 Å². The number of hydrogen-bond donors (Lipinski definition) is 3. The SMILES string of the molecule is N#Cc1ccc(CN(C(=O)NCCC(N)=O)c2ncc(C(=O)NCCCn3ccnc3)s2)cc1. The number of urea groups is 1. The van der Waals surface area contributed by atoms with Crippen LogP contribution in [0.15, 0.2) is 49.2 Å². The molecule has 34 heavy (non-hydrogen) atoms. The van der Waals surface area contributed by atoms with Gasteiger partial charge in [0.2, 0.25) is 5.91 Å². The van der Waals surface area contributed by atoms with Crippen LogP contribution in [0.4, 0.5) is 9.93 Å². The van der Waals surface area contributed by atoms with Crippen LogP contribution in [0.3, 0.4) is 0 Å². The summed E-state index contributed by atoms with van der Waals surface area (Å²) < 4.78 is 1.93. The number of rotatable bonds is 11. The molecule has 3 aromatic rings. The Bertz CT molecular complexity index is 1150. The predicted molar refractivity (Wildman–Crippen MR) is 126 cm³/mol. The maximum atomic E-state index is 12.8. The van der Waals surface area contributed by atoms with E-state index in [1.807, 2.05) is 16.8 Å². The molecule has 176 valence electrons. The number of primary amides is 1. The number of aromatic nitrogens is 3. The summed E-state index contributed by atoms with van der Waals surface area (Å²) in [5, 5.41) is 14.8. The Labute approximate surface area is 200 Å². The molecule has 0 aliphatic heterocycles. The van der Waals surface area contributed by atoms with Gasteiger partial charge in [0.1, 0.15) is 4.88 Å². The molecule has 11 nitrogen and oxygen atoms in total. The Balaban J connectivity index is 1.65. The van der Waals surface area contributed by atoms with Crippen molar-refractivity contribution in [1.82, 2.24) is 25.2 Å². The summed E-state index contributed by atoms with van der Waals surface area (Å²) in [6, 6.07) is 8.36. The summed E-state index contributed by atoms with van der Waals surface area (Å²) in [6.45, 7) is 1.45. The van der Waals surface area contributed by atoms with E-state index >= 15 is 0 Å². The van der Waals surface area contributed by atoms with E-state index in [9.17, 15) is 14.4 Å². The summed E-state index contributed by atoms with van der Waals surface area (Å²) in [7, 11) is 0. The van der Waals surface area contributed by atoms with Crippen molar-refractivity contribution in [2.45, 2.75) is 25.9 Å². The summed E-state index contributed by atoms with van der Waals surface area (Å²) >= 11 is 1.08. The monoisotopic (exact) mass is 480 g/mol. The predicted octanol–water partition coefficient (Wildman–Crippen LogP) is 1.62. The lowest BCUT2D eigenvalue weighted by Crippen LogP contribution is -2.40. The number of nitrogens with one attached hydrogen (secondary N) is 2. The van der Waals surface area contributed by atoms with E-state index in [4.69, 9.17) is 11.0 Å². The average Bonchev–Trinajstić information content (AvgIpc) is 3.53. The van der Waals surface area contributed by atoms with Crippen LogP contribution in [-0.4, -0.2) is 45.5 Å². The zero-order chi connectivity index (χ0) is 24.3. The molecule has 2 heterocycles. The normalized spacial score (nSPS) is 10.3. The number of carbonyl (C=O) groups is 3. The zero-order valence-corrected chi connectivity index (χ0v) is 19.1. The molecule has 0 fully saturated rings. The fourth-order valence-corrected chi connectivity index (χ4v) is 3.78. The highest BCUT2D eigenvalue weighted by Gasteiger charge is 2.21. The third-order valence-corrected chi connectivity index (χ3v) is 5.72. The first-order valence-corrected chi connectivity index (χ1v) is 11.3. The minimum Gasteiger partial charge on any atom is -0.370 e. The summed E-state index contributed by atoms with van der Waals surface area (Å²) in [5.74, 6) is -0.804. The lowest BCUT2D eigenvalue weighted by Gasteiger charge is -2.20. The molecule has 4 amide bonds. The van der Waals surface area contributed by atoms with Crippen LogP contribution in [0.1, 0.15) is 33.6 Å². The van der Waals surface area contributed by atoms with Crippen molar-refractivity contribution in [2.24, 2.45) is 5.73 Å². The molecule has 2 aromatic heterocycles. The van der Waals surface area contributed by atoms with Crippen LogP contribution in [0.25, 0.3) is 0 Å². The van der Waals surface area contributed by atoms with Gasteiger partial charge in [-0.1, -0.05) is 23.5 Å². The van der Waals surface area contributed by atoms with Crippen molar-refractivity contribution in [1.29, 1.82) is 5.26 Å². The number of nitriles is 1. The Morgan fingerprint density at radius 2 is 1.97 bits per heavy atom. The smallest absolute Gasteiger partial charge is 0.324 e. The van der Waals surface area contributed by atoms with E-state index in [1.54, 1.807) is 36.8 Å². The first-order valence-electron chi connectivity index (χ1n) is 10.5. The molecular formula is C22H24N8O3S. The van der Waals surface area contributed by atoms with Gasteiger partial charge in [0, 0.05) is 38.4 Å². The van der Waals surface area contributed by atoms with Crippen LogP contribution in [0.5, 0.6) is 0 Å². The lowest BCUT2D eigenvalue weighted by atomic mass is 10.1. The van der Waals surface area contributed by atoms with E-state index < -0.39 is 11.9 Å². The highest BCUT2D eigenvalue weighted by atomic mass is 32.1. The van der Waals surface area contributed by atoms with Gasteiger partial charge in [-0.3, -0.25) is 14.5 Å². The zero-order valence-electron chi connectivity index (χ0n) is 18.3. The van der Waals surface area contributed by atoms with Crippen LogP contribution >= 0.6 is 11.3 Å². The van der Waals surface area contributed by atoms with Crippen molar-refractivity contribution >= 4 is 34.3 Å². The fraction of sp³-hybridized carbons (Fsp3) is 0.273. The van der Waals surface area contributed by atoms with Crippen LogP contribution in [0.2, 0.25) is 0 Å². The third kappa shape index (κ3) is 7.14. The number of carbonyl (C=O) groups excluding carboxylic acids is 3. The summed E-state index contributed by atoms with van der Waals surface area (Å²) in [6.07, 6.45) is 7.43. The van der Waals surface area contributed by atoms with Crippen molar-refractivity contribution < 1.29 is 14.4 Å². The molecule has 0 saturated carbocycles. The number of amides is 4. The second-order valence-electron chi connectivity index (χ2n) is 7.26. The fourth-order valence-electron chi connectivity index (χ4n) is 2.95. The van der Waals surface area contributed by atoms with Gasteiger partial charge in [0.05, 0.1) is 30.7 Å². The van der Waals surface area contributed by atoms with E-state index in [0.29, 0.717) is 22.1 Å². The molecule has 4 N–H and O–H groups in total. The molecule has 0 spiro atoms. The van der Waals surface area contributed by atoms with E-state index in [2.05, 4.69) is 20.6 Å². The highest BCUT2D eigenvalue weighted by molar-refractivity contribution is 7.17. The van der Waals surface area contributed by atoms with E-state index in [1.165, 1.54) is 11.1 Å². The van der Waals surface area contributed by atoms with E-state index in [0.717, 1.165) is 29.9 Å². The molecule has 1 aromatic carbocycles. The average molecular weight is 481 g/mol. The number of benzene rings is 1. The molecule has 0 unspecified atom stereocenters. The topological polar surface area (TPSA) is 159 Å². The number of nitrogens with two attached hydrogens (primary N) is 1. The Kier molecular flexibility index (Phi) is 8.70. The largest absolute Gasteiger partial charge is 0.370 e. The highest BCUT2D eigenvalue weighted by Crippen LogP contribution is 2.24. The van der Waals surface area contributed by atoms with Crippen molar-refractivity contribution in [3.8, 4) is 6.07 Å². The standard InChI is InChI=1S/C22H24N8O3S/c23-12-16-2-4-17(5-3-16)14-30(21(33)27-8-6-19(24)31)22-28-13-18(34-22)20(32)26-7-1-10-29-11-9-25-15-29/h2-5,9,11,13,15H,1,6-8,10,14H2,(H2,24,31)(H,26,32)(H,27,33). The van der Waals surface area contributed by atoms with Gasteiger partial charge in [-0.05, 0) is 24.1 Å². The molecule has 0 bridgehead atoms. The number of thiazole rings is 1. The minimum atomic E-state index is -0.528. The molecule has 0 aliphatic rings. The quantitative estimate of drug-likeness (QED) is 0.354. The number of imidazole rings is 1. The van der Waals surface area contributed by atoms with Gasteiger partial charge in [0.25, 0.3) is 5.91 Å². The van der Waals surface area contributed by atoms with Crippen molar-refractivity contribution in [2.75, 3.05) is 18.0 Å². The molecule has 0 atom stereocenters. The summed E-state index contributed by atoms with van der Waals surface area (Å²) in [4.78, 5) is 46.3.